The Kier molecular flexibility index (Phi) is 7.88. The molecule has 0 spiro atoms. The van der Waals surface area contributed by atoms with Crippen LogP contribution in [0.2, 0.25) is 0 Å². The number of aliphatic hydroxyl groups excluding tert-OH is 1. The lowest BCUT2D eigenvalue weighted by Gasteiger charge is -2.07. The number of fused-ring (bicyclic) bond motifs is 1. The highest BCUT2D eigenvalue weighted by atomic mass is 16.5. The average Bonchev–Trinajstić information content (AvgIpc) is 2.59. The molecule has 2 rings (SSSR count). The normalized spacial score (nSPS) is 11.0. The zero-order valence-corrected chi connectivity index (χ0v) is 14.3. The Morgan fingerprint density at radius 2 is 1.57 bits per heavy atom. The molecular formula is C20H29NO2. The number of nitrogens with zero attached hydrogens (tertiary/aromatic N) is 1. The predicted molar refractivity (Wildman–Crippen MR) is 96.0 cm³/mol. The van der Waals surface area contributed by atoms with Crippen LogP contribution in [0, 0.1) is 0 Å². The highest BCUT2D eigenvalue weighted by Gasteiger charge is 2.04. The summed E-state index contributed by atoms with van der Waals surface area (Å²) in [4.78, 5) is 4.77. The summed E-state index contributed by atoms with van der Waals surface area (Å²) < 4.78 is 5.40. The molecule has 0 saturated heterocycles. The smallest absolute Gasteiger partial charge is 0.145 e. The molecule has 0 unspecified atom stereocenters. The second-order valence-electron chi connectivity index (χ2n) is 6.14. The molecule has 0 radical (unpaired) electrons. The maximum Gasteiger partial charge on any atom is 0.145 e. The number of benzene rings is 1. The molecular weight excluding hydrogens is 286 g/mol. The molecule has 0 aliphatic rings. The van der Waals surface area contributed by atoms with Gasteiger partial charge in [-0.3, -0.25) is 0 Å². The molecule has 1 N–H and O–H groups in total. The zero-order valence-electron chi connectivity index (χ0n) is 14.3. The number of aryl methyl sites for hydroxylation is 1. The number of methoxy groups -OCH3 is 1. The third-order valence-electron chi connectivity index (χ3n) is 4.30. The first-order valence-corrected chi connectivity index (χ1v) is 8.88. The maximum atomic E-state index is 8.73. The van der Waals surface area contributed by atoms with E-state index in [1.807, 2.05) is 12.1 Å². The molecule has 0 saturated carbocycles. The minimum Gasteiger partial charge on any atom is -0.494 e. The number of rotatable bonds is 11. The van der Waals surface area contributed by atoms with Crippen LogP contribution in [0.4, 0.5) is 0 Å². The van der Waals surface area contributed by atoms with E-state index in [9.17, 15) is 0 Å². The van der Waals surface area contributed by atoms with Crippen LogP contribution < -0.4 is 4.74 Å². The summed E-state index contributed by atoms with van der Waals surface area (Å²) in [6.07, 6.45) is 10.8. The fourth-order valence-electron chi connectivity index (χ4n) is 2.94. The molecule has 3 nitrogen and oxygen atoms in total. The minimum atomic E-state index is 0.337. The highest BCUT2D eigenvalue weighted by Crippen LogP contribution is 2.24. The maximum absolute atomic E-state index is 8.73. The van der Waals surface area contributed by atoms with Gasteiger partial charge < -0.3 is 9.84 Å². The molecule has 3 heteroatoms. The van der Waals surface area contributed by atoms with Gasteiger partial charge in [0, 0.05) is 17.7 Å². The van der Waals surface area contributed by atoms with Gasteiger partial charge in [0.25, 0.3) is 0 Å². The van der Waals surface area contributed by atoms with E-state index in [4.69, 9.17) is 14.8 Å². The topological polar surface area (TPSA) is 42.4 Å². The number of ether oxygens (including phenoxy) is 1. The monoisotopic (exact) mass is 315 g/mol. The quantitative estimate of drug-likeness (QED) is 0.600. The van der Waals surface area contributed by atoms with E-state index in [0.29, 0.717) is 6.61 Å². The van der Waals surface area contributed by atoms with Crippen LogP contribution in [0.25, 0.3) is 10.9 Å². The van der Waals surface area contributed by atoms with Gasteiger partial charge in [0.15, 0.2) is 0 Å². The first kappa shape index (κ1) is 17.7. The van der Waals surface area contributed by atoms with E-state index in [0.717, 1.165) is 35.2 Å². The van der Waals surface area contributed by atoms with Crippen molar-refractivity contribution in [3.05, 3.63) is 36.0 Å². The van der Waals surface area contributed by atoms with Crippen LogP contribution in [0.5, 0.6) is 5.75 Å². The van der Waals surface area contributed by atoms with Gasteiger partial charge in [-0.05, 0) is 31.4 Å². The van der Waals surface area contributed by atoms with Crippen molar-refractivity contribution in [1.29, 1.82) is 0 Å². The predicted octanol–water partition coefficient (Wildman–Crippen LogP) is 4.90. The van der Waals surface area contributed by atoms with Gasteiger partial charge in [0.1, 0.15) is 11.3 Å². The molecule has 0 aliphatic carbocycles. The van der Waals surface area contributed by atoms with E-state index < -0.39 is 0 Å². The van der Waals surface area contributed by atoms with Crippen LogP contribution in [0.3, 0.4) is 0 Å². The van der Waals surface area contributed by atoms with Crippen molar-refractivity contribution >= 4 is 10.9 Å². The number of hydrogen-bond donors (Lipinski definition) is 1. The van der Waals surface area contributed by atoms with Crippen molar-refractivity contribution in [2.45, 2.75) is 57.8 Å². The number of para-hydroxylation sites is 1. The molecule has 0 aliphatic heterocycles. The molecule has 23 heavy (non-hydrogen) atoms. The molecule has 1 aromatic heterocycles. The Balaban J connectivity index is 1.71. The third kappa shape index (κ3) is 5.83. The molecule has 126 valence electrons. The Labute approximate surface area is 139 Å². The molecule has 0 amide bonds. The Morgan fingerprint density at radius 1 is 0.870 bits per heavy atom. The average molecular weight is 315 g/mol. The van der Waals surface area contributed by atoms with Crippen molar-refractivity contribution in [3.63, 3.8) is 0 Å². The second-order valence-corrected chi connectivity index (χ2v) is 6.14. The number of hydrogen-bond acceptors (Lipinski definition) is 3. The standard InChI is InChI=1S/C20H29NO2/c1-23-19-13-10-11-17-14-15-18(21-20(17)19)12-8-6-4-2-3-5-7-9-16-22/h10-11,13-15,22H,2-9,12,16H2,1H3. The second kappa shape index (κ2) is 10.2. The van der Waals surface area contributed by atoms with E-state index in [-0.39, 0.29) is 0 Å². The van der Waals surface area contributed by atoms with Gasteiger partial charge in [-0.2, -0.15) is 0 Å². The van der Waals surface area contributed by atoms with Crippen molar-refractivity contribution < 1.29 is 9.84 Å². The van der Waals surface area contributed by atoms with Crippen molar-refractivity contribution in [2.24, 2.45) is 0 Å². The molecule has 1 aromatic carbocycles. The zero-order chi connectivity index (χ0) is 16.3. The molecule has 2 aromatic rings. The summed E-state index contributed by atoms with van der Waals surface area (Å²) in [5.41, 5.74) is 2.13. The van der Waals surface area contributed by atoms with E-state index in [2.05, 4.69) is 18.2 Å². The largest absolute Gasteiger partial charge is 0.494 e. The van der Waals surface area contributed by atoms with Crippen molar-refractivity contribution in [2.75, 3.05) is 13.7 Å². The first-order valence-electron chi connectivity index (χ1n) is 8.88. The highest BCUT2D eigenvalue weighted by molar-refractivity contribution is 5.84. The van der Waals surface area contributed by atoms with Crippen LogP contribution in [0.1, 0.15) is 57.1 Å². The van der Waals surface area contributed by atoms with Crippen molar-refractivity contribution in [1.82, 2.24) is 4.98 Å². The van der Waals surface area contributed by atoms with E-state index >= 15 is 0 Å². The van der Waals surface area contributed by atoms with Crippen LogP contribution in [-0.4, -0.2) is 23.8 Å². The van der Waals surface area contributed by atoms with Crippen molar-refractivity contribution in [3.8, 4) is 5.75 Å². The van der Waals surface area contributed by atoms with Gasteiger partial charge in [-0.1, -0.05) is 56.7 Å². The van der Waals surface area contributed by atoms with Crippen LogP contribution >= 0.6 is 0 Å². The van der Waals surface area contributed by atoms with Gasteiger partial charge >= 0.3 is 0 Å². The Morgan fingerprint density at radius 3 is 2.26 bits per heavy atom. The number of pyridine rings is 1. The van der Waals surface area contributed by atoms with Gasteiger partial charge in [-0.25, -0.2) is 4.98 Å². The molecule has 1 heterocycles. The van der Waals surface area contributed by atoms with Gasteiger partial charge in [0.2, 0.25) is 0 Å². The third-order valence-corrected chi connectivity index (χ3v) is 4.30. The summed E-state index contributed by atoms with van der Waals surface area (Å²) in [5, 5.41) is 9.87. The summed E-state index contributed by atoms with van der Waals surface area (Å²) in [7, 11) is 1.70. The fourth-order valence-corrected chi connectivity index (χ4v) is 2.94. The lowest BCUT2D eigenvalue weighted by Crippen LogP contribution is -1.94. The Bertz CT molecular complexity index is 583. The molecule has 0 fully saturated rings. The minimum absolute atomic E-state index is 0.337. The fraction of sp³-hybridized carbons (Fsp3) is 0.550. The Hall–Kier alpha value is -1.61. The van der Waals surface area contributed by atoms with Gasteiger partial charge in [0.05, 0.1) is 7.11 Å². The molecule has 0 bridgehead atoms. The lowest BCUT2D eigenvalue weighted by molar-refractivity contribution is 0.282. The molecule has 0 atom stereocenters. The van der Waals surface area contributed by atoms with Gasteiger partial charge in [-0.15, -0.1) is 0 Å². The number of aliphatic hydroxyl groups is 1. The summed E-state index contributed by atoms with van der Waals surface area (Å²) >= 11 is 0. The van der Waals surface area contributed by atoms with Crippen LogP contribution in [0.15, 0.2) is 30.3 Å². The van der Waals surface area contributed by atoms with E-state index in [1.165, 1.54) is 44.9 Å². The summed E-state index contributed by atoms with van der Waals surface area (Å²) in [6.45, 7) is 0.337. The summed E-state index contributed by atoms with van der Waals surface area (Å²) in [6, 6.07) is 10.3. The summed E-state index contributed by atoms with van der Waals surface area (Å²) in [5.74, 6) is 0.854. The van der Waals surface area contributed by atoms with Crippen LogP contribution in [-0.2, 0) is 6.42 Å². The van der Waals surface area contributed by atoms with E-state index in [1.54, 1.807) is 7.11 Å². The number of aromatic nitrogens is 1. The SMILES string of the molecule is COc1cccc2ccc(CCCCCCCCCCO)nc12. The number of unbranched alkanes of at least 4 members (excludes halogenated alkanes) is 7. The first-order chi connectivity index (χ1) is 11.3. The lowest BCUT2D eigenvalue weighted by atomic mass is 10.1.